The number of anilines is 1. The second-order valence-corrected chi connectivity index (χ2v) is 6.63. The summed E-state index contributed by atoms with van der Waals surface area (Å²) in [5.74, 6) is 0.440. The van der Waals surface area contributed by atoms with Crippen molar-refractivity contribution >= 4 is 29.3 Å². The molecule has 2 aromatic carbocycles. The minimum absolute atomic E-state index is 0.133. The van der Waals surface area contributed by atoms with E-state index in [1.165, 1.54) is 11.8 Å². The third-order valence-electron chi connectivity index (χ3n) is 3.75. The van der Waals surface area contributed by atoms with Crippen molar-refractivity contribution in [3.05, 3.63) is 54.1 Å². The van der Waals surface area contributed by atoms with Crippen LogP contribution in [0.1, 0.15) is 12.0 Å². The van der Waals surface area contributed by atoms with Crippen molar-refractivity contribution in [2.75, 3.05) is 12.4 Å². The first-order valence-corrected chi connectivity index (χ1v) is 8.50. The predicted molar refractivity (Wildman–Crippen MR) is 94.2 cm³/mol. The lowest BCUT2D eigenvalue weighted by molar-refractivity contribution is -0.124. The van der Waals surface area contributed by atoms with Gasteiger partial charge in [-0.05, 0) is 18.2 Å². The molecular weight excluding hydrogens is 324 g/mol. The average Bonchev–Trinajstić information content (AvgIpc) is 2.61. The van der Waals surface area contributed by atoms with Crippen molar-refractivity contribution in [3.8, 4) is 5.75 Å². The van der Waals surface area contributed by atoms with Gasteiger partial charge in [0, 0.05) is 23.4 Å². The molecule has 5 nitrogen and oxygen atoms in total. The van der Waals surface area contributed by atoms with E-state index < -0.39 is 5.25 Å². The number of rotatable bonds is 5. The van der Waals surface area contributed by atoms with Crippen LogP contribution in [0, 0.1) is 0 Å². The van der Waals surface area contributed by atoms with Crippen LogP contribution in [-0.2, 0) is 16.1 Å². The summed E-state index contributed by atoms with van der Waals surface area (Å²) in [6.07, 6.45) is 0.139. The Hall–Kier alpha value is -2.47. The third-order valence-corrected chi connectivity index (χ3v) is 5.02. The minimum atomic E-state index is -0.419. The third kappa shape index (κ3) is 3.71. The quantitative estimate of drug-likeness (QED) is 0.877. The van der Waals surface area contributed by atoms with Gasteiger partial charge in [-0.2, -0.15) is 0 Å². The first-order chi connectivity index (χ1) is 11.7. The first kappa shape index (κ1) is 16.4. The molecule has 3 rings (SSSR count). The first-order valence-electron chi connectivity index (χ1n) is 7.62. The van der Waals surface area contributed by atoms with E-state index in [9.17, 15) is 9.59 Å². The molecule has 2 amide bonds. The van der Waals surface area contributed by atoms with Crippen molar-refractivity contribution in [3.63, 3.8) is 0 Å². The Morgan fingerprint density at radius 2 is 1.96 bits per heavy atom. The Labute approximate surface area is 144 Å². The maximum atomic E-state index is 12.2. The van der Waals surface area contributed by atoms with Crippen molar-refractivity contribution in [1.82, 2.24) is 5.32 Å². The minimum Gasteiger partial charge on any atom is -0.496 e. The fourth-order valence-corrected chi connectivity index (χ4v) is 3.62. The second-order valence-electron chi connectivity index (χ2n) is 5.38. The Morgan fingerprint density at radius 3 is 2.79 bits per heavy atom. The molecule has 0 aromatic heterocycles. The van der Waals surface area contributed by atoms with Gasteiger partial charge >= 0.3 is 0 Å². The molecule has 1 atom stereocenters. The Morgan fingerprint density at radius 1 is 1.21 bits per heavy atom. The van der Waals surface area contributed by atoms with Crippen LogP contribution in [0.2, 0.25) is 0 Å². The largest absolute Gasteiger partial charge is 0.496 e. The van der Waals surface area contributed by atoms with Crippen LogP contribution in [0.25, 0.3) is 0 Å². The Kier molecular flexibility index (Phi) is 5.05. The van der Waals surface area contributed by atoms with Crippen LogP contribution in [0.5, 0.6) is 5.75 Å². The van der Waals surface area contributed by atoms with Crippen LogP contribution in [0.15, 0.2) is 53.4 Å². The van der Waals surface area contributed by atoms with E-state index >= 15 is 0 Å². The molecule has 6 heteroatoms. The molecule has 2 aromatic rings. The normalized spacial score (nSPS) is 16.0. The van der Waals surface area contributed by atoms with Gasteiger partial charge in [-0.1, -0.05) is 30.3 Å². The van der Waals surface area contributed by atoms with Crippen molar-refractivity contribution in [2.45, 2.75) is 23.1 Å². The fraction of sp³-hybridized carbons (Fsp3) is 0.222. The van der Waals surface area contributed by atoms with Crippen LogP contribution in [0.4, 0.5) is 5.69 Å². The van der Waals surface area contributed by atoms with Gasteiger partial charge in [-0.3, -0.25) is 9.59 Å². The summed E-state index contributed by atoms with van der Waals surface area (Å²) < 4.78 is 5.26. The van der Waals surface area contributed by atoms with Crippen molar-refractivity contribution in [2.24, 2.45) is 0 Å². The van der Waals surface area contributed by atoms with Gasteiger partial charge in [-0.15, -0.1) is 11.8 Å². The highest BCUT2D eigenvalue weighted by Crippen LogP contribution is 2.36. The summed E-state index contributed by atoms with van der Waals surface area (Å²) in [6.45, 7) is 0.373. The highest BCUT2D eigenvalue weighted by Gasteiger charge is 2.28. The molecule has 0 bridgehead atoms. The molecule has 0 saturated heterocycles. The van der Waals surface area contributed by atoms with Crippen LogP contribution in [-0.4, -0.2) is 24.2 Å². The summed E-state index contributed by atoms with van der Waals surface area (Å²) in [5, 5.41) is 5.28. The topological polar surface area (TPSA) is 67.4 Å². The number of fused-ring (bicyclic) bond motifs is 1. The highest BCUT2D eigenvalue weighted by atomic mass is 32.2. The lowest BCUT2D eigenvalue weighted by atomic mass is 10.2. The number of nitrogens with one attached hydrogen (secondary N) is 2. The number of para-hydroxylation sites is 2. The SMILES string of the molecule is COc1ccccc1CNC(=O)C[C@@H]1Sc2ccccc2NC1=O. The number of methoxy groups -OCH3 is 1. The van der Waals surface area contributed by atoms with Gasteiger partial charge in [0.2, 0.25) is 11.8 Å². The van der Waals surface area contributed by atoms with Crippen LogP contribution >= 0.6 is 11.8 Å². The molecule has 2 N–H and O–H groups in total. The zero-order valence-electron chi connectivity index (χ0n) is 13.2. The van der Waals surface area contributed by atoms with Gasteiger partial charge in [-0.25, -0.2) is 0 Å². The second kappa shape index (κ2) is 7.40. The molecule has 0 aliphatic carbocycles. The van der Waals surface area contributed by atoms with Gasteiger partial charge in [0.25, 0.3) is 0 Å². The molecule has 0 unspecified atom stereocenters. The smallest absolute Gasteiger partial charge is 0.238 e. The van der Waals surface area contributed by atoms with E-state index in [4.69, 9.17) is 4.74 Å². The molecule has 0 fully saturated rings. The molecule has 1 heterocycles. The van der Waals surface area contributed by atoms with E-state index in [0.29, 0.717) is 6.54 Å². The number of ether oxygens (including phenoxy) is 1. The van der Waals surface area contributed by atoms with E-state index in [1.54, 1.807) is 7.11 Å². The summed E-state index contributed by atoms with van der Waals surface area (Å²) in [4.78, 5) is 25.3. The molecule has 1 aliphatic rings. The fourth-order valence-electron chi connectivity index (χ4n) is 2.51. The summed E-state index contributed by atoms with van der Waals surface area (Å²) in [6, 6.07) is 15.1. The number of hydrogen-bond donors (Lipinski definition) is 2. The van der Waals surface area contributed by atoms with E-state index in [-0.39, 0.29) is 18.2 Å². The van der Waals surface area contributed by atoms with E-state index in [1.807, 2.05) is 48.5 Å². The molecule has 0 spiro atoms. The van der Waals surface area contributed by atoms with Crippen LogP contribution in [0.3, 0.4) is 0 Å². The number of hydrogen-bond acceptors (Lipinski definition) is 4. The van der Waals surface area contributed by atoms with Crippen molar-refractivity contribution < 1.29 is 14.3 Å². The Bertz CT molecular complexity index is 763. The maximum absolute atomic E-state index is 12.2. The molecule has 0 radical (unpaired) electrons. The summed E-state index contributed by atoms with van der Waals surface area (Å²) in [7, 11) is 1.60. The number of carbonyl (C=O) groups excluding carboxylic acids is 2. The molecular formula is C18H18N2O3S. The highest BCUT2D eigenvalue weighted by molar-refractivity contribution is 8.01. The van der Waals surface area contributed by atoms with Crippen molar-refractivity contribution in [1.29, 1.82) is 0 Å². The van der Waals surface area contributed by atoms with E-state index in [0.717, 1.165) is 21.9 Å². The molecule has 0 saturated carbocycles. The molecule has 1 aliphatic heterocycles. The standard InChI is InChI=1S/C18H18N2O3S/c1-23-14-8-4-2-6-12(14)11-19-17(21)10-16-18(22)20-13-7-3-5-9-15(13)24-16/h2-9,16H,10-11H2,1H3,(H,19,21)(H,20,22)/t16-/m0/s1. The summed E-state index contributed by atoms with van der Waals surface area (Å²) >= 11 is 1.43. The number of thioether (sulfide) groups is 1. The molecule has 124 valence electrons. The zero-order valence-corrected chi connectivity index (χ0v) is 14.1. The van der Waals surface area contributed by atoms with E-state index in [2.05, 4.69) is 10.6 Å². The monoisotopic (exact) mass is 342 g/mol. The average molecular weight is 342 g/mol. The zero-order chi connectivity index (χ0) is 16.9. The van der Waals surface area contributed by atoms with Gasteiger partial charge in [0.1, 0.15) is 5.75 Å². The van der Waals surface area contributed by atoms with Gasteiger partial charge in [0.05, 0.1) is 18.0 Å². The summed E-state index contributed by atoms with van der Waals surface area (Å²) in [5.41, 5.74) is 1.71. The van der Waals surface area contributed by atoms with Gasteiger partial charge < -0.3 is 15.4 Å². The number of benzene rings is 2. The Balaban J connectivity index is 1.58. The predicted octanol–water partition coefficient (Wildman–Crippen LogP) is 2.81. The lowest BCUT2D eigenvalue weighted by Gasteiger charge is -2.23. The lowest BCUT2D eigenvalue weighted by Crippen LogP contribution is -2.34. The number of carbonyl (C=O) groups is 2. The number of amides is 2. The van der Waals surface area contributed by atoms with Gasteiger partial charge in [0.15, 0.2) is 0 Å². The van der Waals surface area contributed by atoms with Crippen LogP contribution < -0.4 is 15.4 Å². The molecule has 24 heavy (non-hydrogen) atoms. The maximum Gasteiger partial charge on any atom is 0.238 e.